The summed E-state index contributed by atoms with van der Waals surface area (Å²) in [4.78, 5) is 19.6. The topological polar surface area (TPSA) is 63.1 Å². The maximum absolute atomic E-state index is 13.1. The van der Waals surface area contributed by atoms with Crippen molar-refractivity contribution in [1.29, 1.82) is 0 Å². The summed E-state index contributed by atoms with van der Waals surface area (Å²) >= 11 is 0. The van der Waals surface area contributed by atoms with Crippen LogP contribution in [-0.4, -0.2) is 38.7 Å². The van der Waals surface area contributed by atoms with Gasteiger partial charge in [-0.3, -0.25) is 14.7 Å². The van der Waals surface area contributed by atoms with Gasteiger partial charge in [0.05, 0.1) is 17.3 Å². The summed E-state index contributed by atoms with van der Waals surface area (Å²) in [5.74, 6) is 0.122. The van der Waals surface area contributed by atoms with Crippen molar-refractivity contribution in [1.82, 2.24) is 25.0 Å². The Balaban J connectivity index is 1.28. The first-order valence-electron chi connectivity index (χ1n) is 11.8. The third-order valence-electron chi connectivity index (χ3n) is 6.34. The Kier molecular flexibility index (Phi) is 6.77. The first-order valence-corrected chi connectivity index (χ1v) is 11.8. The Bertz CT molecular complexity index is 1210. The number of carbonyl (C=O) groups excluding carboxylic acids is 1. The van der Waals surface area contributed by atoms with Crippen molar-refractivity contribution in [2.75, 3.05) is 13.1 Å². The molecule has 0 bridgehead atoms. The summed E-state index contributed by atoms with van der Waals surface area (Å²) < 4.78 is 1.87. The zero-order valence-electron chi connectivity index (χ0n) is 19.2. The van der Waals surface area contributed by atoms with Gasteiger partial charge in [-0.1, -0.05) is 48.5 Å². The van der Waals surface area contributed by atoms with Crippen molar-refractivity contribution in [3.05, 3.63) is 103 Å². The third kappa shape index (κ3) is 5.24. The van der Waals surface area contributed by atoms with E-state index in [2.05, 4.69) is 39.5 Å². The summed E-state index contributed by atoms with van der Waals surface area (Å²) in [6.07, 6.45) is 7.51. The number of pyridine rings is 1. The Morgan fingerprint density at radius 3 is 2.47 bits per heavy atom. The maximum atomic E-state index is 13.1. The molecule has 1 fully saturated rings. The van der Waals surface area contributed by atoms with Crippen molar-refractivity contribution in [2.24, 2.45) is 5.92 Å². The molecule has 2 aromatic carbocycles. The quantitative estimate of drug-likeness (QED) is 0.451. The van der Waals surface area contributed by atoms with Gasteiger partial charge < -0.3 is 5.32 Å². The highest BCUT2D eigenvalue weighted by Gasteiger charge is 2.26. The average Bonchev–Trinajstić information content (AvgIpc) is 3.33. The molecule has 1 atom stereocenters. The number of aromatic nitrogens is 3. The third-order valence-corrected chi connectivity index (χ3v) is 6.34. The second-order valence-corrected chi connectivity index (χ2v) is 8.80. The van der Waals surface area contributed by atoms with Gasteiger partial charge in [0.15, 0.2) is 0 Å². The Labute approximate surface area is 200 Å². The minimum absolute atomic E-state index is 0.00556. The van der Waals surface area contributed by atoms with Crippen LogP contribution in [0.2, 0.25) is 0 Å². The summed E-state index contributed by atoms with van der Waals surface area (Å²) in [5, 5.41) is 8.02. The standard InChI is InChI=1S/C28H29N5O/c34-28(24-10-7-17-32(20-24)19-22-8-3-1-4-9-22)30-18-25-21-33(26-11-5-2-6-12-26)31-27(25)23-13-15-29-16-14-23/h1-6,8-9,11-16,21,24H,7,10,17-20H2,(H,30,34). The van der Waals surface area contributed by atoms with Gasteiger partial charge in [-0.25, -0.2) is 4.68 Å². The molecule has 1 aliphatic rings. The molecule has 172 valence electrons. The second-order valence-electron chi connectivity index (χ2n) is 8.80. The first-order chi connectivity index (χ1) is 16.8. The van der Waals surface area contributed by atoms with Gasteiger partial charge in [-0.05, 0) is 49.2 Å². The highest BCUT2D eigenvalue weighted by molar-refractivity contribution is 5.79. The minimum Gasteiger partial charge on any atom is -0.352 e. The van der Waals surface area contributed by atoms with Gasteiger partial charge in [0.1, 0.15) is 0 Å². The largest absolute Gasteiger partial charge is 0.352 e. The smallest absolute Gasteiger partial charge is 0.224 e. The molecular formula is C28H29N5O. The van der Waals surface area contributed by atoms with Crippen LogP contribution in [0.5, 0.6) is 0 Å². The van der Waals surface area contributed by atoms with E-state index < -0.39 is 0 Å². The number of rotatable bonds is 7. The molecule has 2 aromatic heterocycles. The minimum atomic E-state index is 0.00556. The lowest BCUT2D eigenvalue weighted by Gasteiger charge is -2.32. The molecule has 1 N–H and O–H groups in total. The van der Waals surface area contributed by atoms with E-state index in [-0.39, 0.29) is 11.8 Å². The van der Waals surface area contributed by atoms with E-state index in [1.165, 1.54) is 5.56 Å². The van der Waals surface area contributed by atoms with E-state index in [4.69, 9.17) is 5.10 Å². The maximum Gasteiger partial charge on any atom is 0.224 e. The Morgan fingerprint density at radius 2 is 1.71 bits per heavy atom. The van der Waals surface area contributed by atoms with Gasteiger partial charge in [0, 0.05) is 49.4 Å². The lowest BCUT2D eigenvalue weighted by Crippen LogP contribution is -2.42. The zero-order chi connectivity index (χ0) is 23.2. The fraction of sp³-hybridized carbons (Fsp3) is 0.250. The molecule has 3 heterocycles. The predicted molar refractivity (Wildman–Crippen MR) is 133 cm³/mol. The molecule has 1 aliphatic heterocycles. The highest BCUT2D eigenvalue weighted by atomic mass is 16.1. The average molecular weight is 452 g/mol. The molecule has 34 heavy (non-hydrogen) atoms. The van der Waals surface area contributed by atoms with Gasteiger partial charge in [0.2, 0.25) is 5.91 Å². The van der Waals surface area contributed by atoms with E-state index in [0.29, 0.717) is 6.54 Å². The normalized spacial score (nSPS) is 16.3. The van der Waals surface area contributed by atoms with Crippen LogP contribution in [0.25, 0.3) is 16.9 Å². The number of hydrogen-bond donors (Lipinski definition) is 1. The van der Waals surface area contributed by atoms with Crippen LogP contribution in [0.1, 0.15) is 24.0 Å². The molecular weight excluding hydrogens is 422 g/mol. The number of hydrogen-bond acceptors (Lipinski definition) is 4. The number of likely N-dealkylation sites (tertiary alicyclic amines) is 1. The van der Waals surface area contributed by atoms with E-state index in [9.17, 15) is 4.79 Å². The lowest BCUT2D eigenvalue weighted by atomic mass is 9.96. The summed E-state index contributed by atoms with van der Waals surface area (Å²) in [6, 6.07) is 24.4. The van der Waals surface area contributed by atoms with E-state index in [0.717, 1.165) is 55.0 Å². The van der Waals surface area contributed by atoms with Gasteiger partial charge in [-0.2, -0.15) is 5.10 Å². The monoisotopic (exact) mass is 451 g/mol. The van der Waals surface area contributed by atoms with Gasteiger partial charge in [-0.15, -0.1) is 0 Å². The van der Waals surface area contributed by atoms with Gasteiger partial charge >= 0.3 is 0 Å². The number of para-hydroxylation sites is 1. The number of piperidine rings is 1. The van der Waals surface area contributed by atoms with E-state index in [1.54, 1.807) is 12.4 Å². The van der Waals surface area contributed by atoms with Crippen LogP contribution in [0.4, 0.5) is 0 Å². The van der Waals surface area contributed by atoms with E-state index >= 15 is 0 Å². The molecule has 1 amide bonds. The van der Waals surface area contributed by atoms with Crippen LogP contribution >= 0.6 is 0 Å². The summed E-state index contributed by atoms with van der Waals surface area (Å²) in [6.45, 7) is 3.16. The van der Waals surface area contributed by atoms with Crippen molar-refractivity contribution in [3.63, 3.8) is 0 Å². The fourth-order valence-electron chi connectivity index (χ4n) is 4.59. The number of nitrogens with one attached hydrogen (secondary N) is 1. The van der Waals surface area contributed by atoms with Gasteiger partial charge in [0.25, 0.3) is 0 Å². The molecule has 1 unspecified atom stereocenters. The Morgan fingerprint density at radius 1 is 0.971 bits per heavy atom. The predicted octanol–water partition coefficient (Wildman–Crippen LogP) is 4.46. The molecule has 5 rings (SSSR count). The van der Waals surface area contributed by atoms with Crippen LogP contribution < -0.4 is 5.32 Å². The molecule has 0 spiro atoms. The number of carbonyl (C=O) groups is 1. The SMILES string of the molecule is O=C(NCc1cn(-c2ccccc2)nc1-c1ccncc1)C1CCCN(Cc2ccccc2)C1. The first kappa shape index (κ1) is 22.0. The van der Waals surface area contributed by atoms with E-state index in [1.807, 2.05) is 59.4 Å². The number of benzene rings is 2. The fourth-order valence-corrected chi connectivity index (χ4v) is 4.59. The van der Waals surface area contributed by atoms with Crippen LogP contribution in [0.15, 0.2) is 91.4 Å². The van der Waals surface area contributed by atoms with Crippen molar-refractivity contribution >= 4 is 5.91 Å². The summed E-state index contributed by atoms with van der Waals surface area (Å²) in [7, 11) is 0. The molecule has 0 radical (unpaired) electrons. The molecule has 4 aromatic rings. The molecule has 0 aliphatic carbocycles. The van der Waals surface area contributed by atoms with Crippen LogP contribution in [0.3, 0.4) is 0 Å². The van der Waals surface area contributed by atoms with Crippen LogP contribution in [0, 0.1) is 5.92 Å². The Hall–Kier alpha value is -3.77. The zero-order valence-corrected chi connectivity index (χ0v) is 19.2. The van der Waals surface area contributed by atoms with Crippen molar-refractivity contribution < 1.29 is 4.79 Å². The molecule has 6 heteroatoms. The van der Waals surface area contributed by atoms with Crippen molar-refractivity contribution in [2.45, 2.75) is 25.9 Å². The second kappa shape index (κ2) is 10.4. The lowest BCUT2D eigenvalue weighted by molar-refractivity contribution is -0.126. The molecule has 6 nitrogen and oxygen atoms in total. The molecule has 0 saturated carbocycles. The highest BCUT2D eigenvalue weighted by Crippen LogP contribution is 2.24. The number of amides is 1. The van der Waals surface area contributed by atoms with Crippen molar-refractivity contribution in [3.8, 4) is 16.9 Å². The summed E-state index contributed by atoms with van der Waals surface area (Å²) in [5.41, 5.74) is 5.11. The molecule has 1 saturated heterocycles. The number of nitrogens with zero attached hydrogens (tertiary/aromatic N) is 4. The van der Waals surface area contributed by atoms with Crippen LogP contribution in [-0.2, 0) is 17.9 Å².